The second-order valence-electron chi connectivity index (χ2n) is 3.13. The van der Waals surface area contributed by atoms with Gasteiger partial charge in [-0.1, -0.05) is 18.2 Å². The second kappa shape index (κ2) is 3.13. The zero-order chi connectivity index (χ0) is 11.0. The van der Waals surface area contributed by atoms with Crippen LogP contribution in [0.4, 0.5) is 4.79 Å². The number of primary amides is 2. The Hall–Kier alpha value is -2.30. The van der Waals surface area contributed by atoms with E-state index < -0.39 is 11.9 Å². The maximum absolute atomic E-state index is 11.1. The predicted octanol–water partition coefficient (Wildman–Crippen LogP) is 0.667. The van der Waals surface area contributed by atoms with Gasteiger partial charge >= 0.3 is 6.03 Å². The van der Waals surface area contributed by atoms with Crippen molar-refractivity contribution < 1.29 is 9.59 Å². The van der Waals surface area contributed by atoms with Crippen LogP contribution in [0.1, 0.15) is 10.4 Å². The van der Waals surface area contributed by atoms with Crippen LogP contribution in [0, 0.1) is 0 Å². The van der Waals surface area contributed by atoms with Crippen molar-refractivity contribution in [1.82, 2.24) is 4.57 Å². The van der Waals surface area contributed by atoms with Gasteiger partial charge in [0, 0.05) is 11.6 Å². The molecule has 5 nitrogen and oxygen atoms in total. The van der Waals surface area contributed by atoms with Crippen molar-refractivity contribution in [1.29, 1.82) is 0 Å². The molecule has 0 saturated heterocycles. The van der Waals surface area contributed by atoms with Crippen LogP contribution in [0.3, 0.4) is 0 Å². The average Bonchev–Trinajstić information content (AvgIpc) is 2.56. The number of amides is 2. The first-order chi connectivity index (χ1) is 7.11. The van der Waals surface area contributed by atoms with Crippen molar-refractivity contribution in [2.75, 3.05) is 0 Å². The Morgan fingerprint density at radius 2 is 1.80 bits per heavy atom. The average molecular weight is 203 g/mol. The number of hydrogen-bond donors (Lipinski definition) is 2. The van der Waals surface area contributed by atoms with E-state index in [-0.39, 0.29) is 0 Å². The minimum absolute atomic E-state index is 0.296. The van der Waals surface area contributed by atoms with Crippen molar-refractivity contribution in [2.24, 2.45) is 11.5 Å². The van der Waals surface area contributed by atoms with Gasteiger partial charge in [0.1, 0.15) is 0 Å². The number of carbonyl (C=O) groups is 2. The number of hydrogen-bond acceptors (Lipinski definition) is 2. The highest BCUT2D eigenvalue weighted by atomic mass is 16.2. The van der Waals surface area contributed by atoms with Gasteiger partial charge in [0.25, 0.3) is 5.91 Å². The molecule has 2 aromatic rings. The highest BCUT2D eigenvalue weighted by Crippen LogP contribution is 2.20. The molecule has 2 rings (SSSR count). The highest BCUT2D eigenvalue weighted by molar-refractivity contribution is 6.08. The van der Waals surface area contributed by atoms with Crippen LogP contribution < -0.4 is 11.5 Å². The number of nitrogens with zero attached hydrogens (tertiary/aromatic N) is 1. The third-order valence-electron chi connectivity index (χ3n) is 2.21. The Morgan fingerprint density at radius 1 is 1.13 bits per heavy atom. The summed E-state index contributed by atoms with van der Waals surface area (Å²) < 4.78 is 1.20. The number of carbonyl (C=O) groups excluding carboxylic acids is 2. The Kier molecular flexibility index (Phi) is 1.93. The summed E-state index contributed by atoms with van der Waals surface area (Å²) in [6.45, 7) is 0. The van der Waals surface area contributed by atoms with Gasteiger partial charge in [-0.25, -0.2) is 4.79 Å². The fourth-order valence-electron chi connectivity index (χ4n) is 1.56. The number of para-hydroxylation sites is 1. The molecule has 1 heterocycles. The normalized spacial score (nSPS) is 10.4. The maximum Gasteiger partial charge on any atom is 0.323 e. The van der Waals surface area contributed by atoms with Crippen LogP contribution in [-0.4, -0.2) is 16.5 Å². The van der Waals surface area contributed by atoms with E-state index in [0.29, 0.717) is 16.5 Å². The molecule has 4 N–H and O–H groups in total. The van der Waals surface area contributed by atoms with E-state index >= 15 is 0 Å². The maximum atomic E-state index is 11.1. The first kappa shape index (κ1) is 9.26. The van der Waals surface area contributed by atoms with Crippen molar-refractivity contribution in [3.63, 3.8) is 0 Å². The predicted molar refractivity (Wildman–Crippen MR) is 55.4 cm³/mol. The molecule has 0 spiro atoms. The van der Waals surface area contributed by atoms with Gasteiger partial charge in [0.15, 0.2) is 0 Å². The topological polar surface area (TPSA) is 91.1 Å². The zero-order valence-corrected chi connectivity index (χ0v) is 7.81. The summed E-state index contributed by atoms with van der Waals surface area (Å²) in [5.74, 6) is -0.578. The summed E-state index contributed by atoms with van der Waals surface area (Å²) in [5, 5.41) is 0.629. The zero-order valence-electron chi connectivity index (χ0n) is 7.81. The van der Waals surface area contributed by atoms with E-state index in [1.54, 1.807) is 24.3 Å². The molecule has 15 heavy (non-hydrogen) atoms. The Balaban J connectivity index is 2.85. The van der Waals surface area contributed by atoms with Crippen molar-refractivity contribution in [2.45, 2.75) is 0 Å². The number of aromatic nitrogens is 1. The van der Waals surface area contributed by atoms with Crippen LogP contribution in [0.5, 0.6) is 0 Å². The first-order valence-corrected chi connectivity index (χ1v) is 4.31. The molecule has 76 valence electrons. The molecule has 2 amide bonds. The van der Waals surface area contributed by atoms with E-state index in [1.165, 1.54) is 10.8 Å². The molecular weight excluding hydrogens is 194 g/mol. The van der Waals surface area contributed by atoms with E-state index in [9.17, 15) is 9.59 Å². The largest absolute Gasteiger partial charge is 0.366 e. The summed E-state index contributed by atoms with van der Waals surface area (Å²) in [5.41, 5.74) is 11.2. The number of nitrogens with two attached hydrogens (primary N) is 2. The first-order valence-electron chi connectivity index (χ1n) is 4.31. The van der Waals surface area contributed by atoms with Gasteiger partial charge in [-0.15, -0.1) is 0 Å². The van der Waals surface area contributed by atoms with Gasteiger partial charge in [0.05, 0.1) is 11.1 Å². The lowest BCUT2D eigenvalue weighted by atomic mass is 10.2. The Labute approximate surface area is 85.3 Å². The molecule has 1 aromatic heterocycles. The van der Waals surface area contributed by atoms with Crippen LogP contribution in [0.25, 0.3) is 10.9 Å². The SMILES string of the molecule is NC(=O)c1cn(C(N)=O)c2ccccc12. The minimum Gasteiger partial charge on any atom is -0.366 e. The lowest BCUT2D eigenvalue weighted by molar-refractivity contribution is 0.100. The third kappa shape index (κ3) is 1.34. The fourth-order valence-corrected chi connectivity index (χ4v) is 1.56. The van der Waals surface area contributed by atoms with Crippen molar-refractivity contribution >= 4 is 22.8 Å². The lowest BCUT2D eigenvalue weighted by Crippen LogP contribution is -2.18. The van der Waals surface area contributed by atoms with E-state index in [0.717, 1.165) is 0 Å². The molecule has 5 heteroatoms. The molecule has 0 aliphatic carbocycles. The molecule has 0 aliphatic rings. The van der Waals surface area contributed by atoms with Gasteiger partial charge < -0.3 is 11.5 Å². The van der Waals surface area contributed by atoms with Crippen LogP contribution in [0.2, 0.25) is 0 Å². The molecule has 1 aromatic carbocycles. The molecule has 0 saturated carbocycles. The van der Waals surface area contributed by atoms with Gasteiger partial charge in [-0.2, -0.15) is 0 Å². The summed E-state index contributed by atoms with van der Waals surface area (Å²) in [7, 11) is 0. The molecule has 0 bridgehead atoms. The summed E-state index contributed by atoms with van der Waals surface area (Å²) >= 11 is 0. The summed E-state index contributed by atoms with van der Waals surface area (Å²) in [6.07, 6.45) is 1.36. The number of benzene rings is 1. The monoisotopic (exact) mass is 203 g/mol. The molecule has 0 unspecified atom stereocenters. The number of fused-ring (bicyclic) bond motifs is 1. The molecule has 0 aliphatic heterocycles. The summed E-state index contributed by atoms with van der Waals surface area (Å²) in [6, 6.07) is 6.30. The van der Waals surface area contributed by atoms with Gasteiger partial charge in [0.2, 0.25) is 0 Å². The fraction of sp³-hybridized carbons (Fsp3) is 0. The van der Waals surface area contributed by atoms with Crippen LogP contribution >= 0.6 is 0 Å². The van der Waals surface area contributed by atoms with E-state index in [4.69, 9.17) is 11.5 Å². The number of rotatable bonds is 1. The molecule has 0 radical (unpaired) electrons. The van der Waals surface area contributed by atoms with Gasteiger partial charge in [-0.3, -0.25) is 9.36 Å². The third-order valence-corrected chi connectivity index (χ3v) is 2.21. The lowest BCUT2D eigenvalue weighted by Gasteiger charge is -1.96. The highest BCUT2D eigenvalue weighted by Gasteiger charge is 2.13. The molecule has 0 atom stereocenters. The quantitative estimate of drug-likeness (QED) is 0.712. The van der Waals surface area contributed by atoms with E-state index in [1.807, 2.05) is 0 Å². The smallest absolute Gasteiger partial charge is 0.323 e. The van der Waals surface area contributed by atoms with Crippen molar-refractivity contribution in [3.05, 3.63) is 36.0 Å². The van der Waals surface area contributed by atoms with Gasteiger partial charge in [-0.05, 0) is 6.07 Å². The summed E-state index contributed by atoms with van der Waals surface area (Å²) in [4.78, 5) is 22.2. The van der Waals surface area contributed by atoms with Crippen molar-refractivity contribution in [3.8, 4) is 0 Å². The Bertz CT molecular complexity index is 509. The standard InChI is InChI=1S/C10H9N3O2/c11-9(14)7-5-13(10(12)15)8-4-2-1-3-6(7)8/h1-5H,(H2,11,14)(H2,12,15). The van der Waals surface area contributed by atoms with Crippen LogP contribution in [0.15, 0.2) is 30.5 Å². The second-order valence-corrected chi connectivity index (χ2v) is 3.13. The molecular formula is C10H9N3O2. The Morgan fingerprint density at radius 3 is 2.40 bits per heavy atom. The minimum atomic E-state index is -0.640. The van der Waals surface area contributed by atoms with E-state index in [2.05, 4.69) is 0 Å². The van der Waals surface area contributed by atoms with Crippen LogP contribution in [-0.2, 0) is 0 Å². The molecule has 0 fully saturated rings.